The number of methoxy groups -OCH3 is 1. The number of hydrogen-bond acceptors (Lipinski definition) is 4. The fraction of sp³-hybridized carbons (Fsp3) is 0.346. The Morgan fingerprint density at radius 2 is 1.67 bits per heavy atom. The summed E-state index contributed by atoms with van der Waals surface area (Å²) in [6.45, 7) is 3.32. The van der Waals surface area contributed by atoms with Crippen LogP contribution >= 0.6 is 0 Å². The molecule has 0 aromatic heterocycles. The number of aryl methyl sites for hydroxylation is 1. The molecule has 0 saturated carbocycles. The Balaban J connectivity index is 1.56. The second-order valence-electron chi connectivity index (χ2n) is 8.65. The van der Waals surface area contributed by atoms with Gasteiger partial charge >= 0.3 is 0 Å². The summed E-state index contributed by atoms with van der Waals surface area (Å²) in [7, 11) is -0.212. The minimum absolute atomic E-state index is 0.186. The van der Waals surface area contributed by atoms with Gasteiger partial charge in [0, 0.05) is 32.2 Å². The van der Waals surface area contributed by atoms with E-state index >= 15 is 0 Å². The third-order valence-corrected chi connectivity index (χ3v) is 8.17. The van der Waals surface area contributed by atoms with E-state index in [4.69, 9.17) is 4.74 Å². The number of amides is 1. The van der Waals surface area contributed by atoms with Crippen LogP contribution in [0.15, 0.2) is 59.5 Å². The van der Waals surface area contributed by atoms with Crippen LogP contribution in [0.3, 0.4) is 0 Å². The van der Waals surface area contributed by atoms with Crippen molar-refractivity contribution in [2.45, 2.75) is 37.6 Å². The Hall–Kier alpha value is -2.90. The number of sulfonamides is 1. The van der Waals surface area contributed by atoms with Gasteiger partial charge in [0.15, 0.2) is 0 Å². The van der Waals surface area contributed by atoms with Gasteiger partial charge < -0.3 is 9.64 Å². The monoisotopic (exact) mass is 466 g/mol. The van der Waals surface area contributed by atoms with Crippen LogP contribution in [0.1, 0.15) is 40.7 Å². The van der Waals surface area contributed by atoms with Crippen LogP contribution in [0, 0.1) is 6.92 Å². The van der Waals surface area contributed by atoms with Crippen LogP contribution in [0.25, 0.3) is 10.8 Å². The largest absolute Gasteiger partial charge is 0.497 e. The van der Waals surface area contributed by atoms with Gasteiger partial charge in [-0.3, -0.25) is 4.79 Å². The Kier molecular flexibility index (Phi) is 6.72. The SMILES string of the molecule is COc1ccc2cc(CN(C)C(=O)c3cc(S(=O)(=O)N4CCCCC4)ccc3C)ccc2c1. The number of carbonyl (C=O) groups excluding carboxylic acids is 1. The molecule has 4 rings (SSSR count). The molecular formula is C26H30N2O4S. The lowest BCUT2D eigenvalue weighted by molar-refractivity contribution is 0.0784. The summed E-state index contributed by atoms with van der Waals surface area (Å²) in [4.78, 5) is 15.1. The highest BCUT2D eigenvalue weighted by Crippen LogP contribution is 2.25. The third-order valence-electron chi connectivity index (χ3n) is 6.27. The molecular weight excluding hydrogens is 436 g/mol. The van der Waals surface area contributed by atoms with Crippen molar-refractivity contribution in [1.29, 1.82) is 0 Å². The van der Waals surface area contributed by atoms with E-state index in [0.29, 0.717) is 25.2 Å². The lowest BCUT2D eigenvalue weighted by atomic mass is 10.1. The number of carbonyl (C=O) groups is 1. The Morgan fingerprint density at radius 1 is 0.970 bits per heavy atom. The molecule has 0 aliphatic carbocycles. The average Bonchev–Trinajstić information content (AvgIpc) is 2.84. The molecule has 7 heteroatoms. The van der Waals surface area contributed by atoms with E-state index in [1.54, 1.807) is 31.2 Å². The van der Waals surface area contributed by atoms with Crippen molar-refractivity contribution in [3.8, 4) is 5.75 Å². The molecule has 0 N–H and O–H groups in total. The number of hydrogen-bond donors (Lipinski definition) is 0. The van der Waals surface area contributed by atoms with Crippen LogP contribution < -0.4 is 4.74 Å². The highest BCUT2D eigenvalue weighted by molar-refractivity contribution is 7.89. The summed E-state index contributed by atoms with van der Waals surface area (Å²) in [6, 6.07) is 16.8. The van der Waals surface area contributed by atoms with Gasteiger partial charge in [-0.05, 0) is 72.0 Å². The van der Waals surface area contributed by atoms with Gasteiger partial charge in [-0.25, -0.2) is 8.42 Å². The molecule has 6 nitrogen and oxygen atoms in total. The van der Waals surface area contributed by atoms with E-state index in [1.807, 2.05) is 37.3 Å². The molecule has 1 amide bonds. The highest BCUT2D eigenvalue weighted by atomic mass is 32.2. The molecule has 1 fully saturated rings. The molecule has 33 heavy (non-hydrogen) atoms. The van der Waals surface area contributed by atoms with Crippen LogP contribution in [0.4, 0.5) is 0 Å². The summed E-state index contributed by atoms with van der Waals surface area (Å²) in [5.41, 5.74) is 2.18. The van der Waals surface area contributed by atoms with Crippen molar-refractivity contribution in [2.75, 3.05) is 27.2 Å². The first-order valence-electron chi connectivity index (χ1n) is 11.2. The first-order chi connectivity index (χ1) is 15.8. The summed E-state index contributed by atoms with van der Waals surface area (Å²) in [6.07, 6.45) is 2.80. The van der Waals surface area contributed by atoms with Crippen LogP contribution in [0.2, 0.25) is 0 Å². The number of piperidine rings is 1. The average molecular weight is 467 g/mol. The minimum Gasteiger partial charge on any atom is -0.497 e. The lowest BCUT2D eigenvalue weighted by Gasteiger charge is -2.26. The molecule has 174 valence electrons. The third kappa shape index (κ3) is 4.89. The van der Waals surface area contributed by atoms with Crippen molar-refractivity contribution in [3.05, 3.63) is 71.3 Å². The standard InChI is InChI=1S/C26H30N2O4S/c1-19-7-12-24(33(30,31)28-13-5-4-6-14-28)17-25(19)26(29)27(2)18-20-8-9-22-16-23(32-3)11-10-21(22)15-20/h7-12,15-17H,4-6,13-14,18H2,1-3H3. The van der Waals surface area contributed by atoms with Crippen molar-refractivity contribution >= 4 is 26.7 Å². The van der Waals surface area contributed by atoms with E-state index < -0.39 is 10.0 Å². The van der Waals surface area contributed by atoms with Crippen LogP contribution in [0.5, 0.6) is 5.75 Å². The van der Waals surface area contributed by atoms with Crippen molar-refractivity contribution in [1.82, 2.24) is 9.21 Å². The first kappa shape index (κ1) is 23.3. The maximum atomic E-state index is 13.3. The van der Waals surface area contributed by atoms with Crippen molar-refractivity contribution in [2.24, 2.45) is 0 Å². The zero-order chi connectivity index (χ0) is 23.6. The number of fused-ring (bicyclic) bond motifs is 1. The maximum absolute atomic E-state index is 13.3. The Bertz CT molecular complexity index is 1280. The quantitative estimate of drug-likeness (QED) is 0.532. The van der Waals surface area contributed by atoms with Gasteiger partial charge in [-0.15, -0.1) is 0 Å². The molecule has 1 aliphatic rings. The number of rotatable bonds is 6. The minimum atomic E-state index is -3.60. The van der Waals surface area contributed by atoms with Gasteiger partial charge in [0.2, 0.25) is 10.0 Å². The predicted molar refractivity (Wildman–Crippen MR) is 130 cm³/mol. The maximum Gasteiger partial charge on any atom is 0.254 e. The predicted octanol–water partition coefficient (Wildman–Crippen LogP) is 4.60. The van der Waals surface area contributed by atoms with Gasteiger partial charge in [-0.2, -0.15) is 4.31 Å². The highest BCUT2D eigenvalue weighted by Gasteiger charge is 2.27. The van der Waals surface area contributed by atoms with Gasteiger partial charge in [0.05, 0.1) is 12.0 Å². The second-order valence-corrected chi connectivity index (χ2v) is 10.6. The van der Waals surface area contributed by atoms with Gasteiger partial charge in [0.1, 0.15) is 5.75 Å². The molecule has 0 spiro atoms. The molecule has 0 unspecified atom stereocenters. The Labute approximate surface area is 195 Å². The summed E-state index contributed by atoms with van der Waals surface area (Å²) < 4.78 is 33.0. The lowest BCUT2D eigenvalue weighted by Crippen LogP contribution is -2.35. The first-order valence-corrected chi connectivity index (χ1v) is 12.7. The summed E-state index contributed by atoms with van der Waals surface area (Å²) in [5.74, 6) is 0.607. The number of benzene rings is 3. The normalized spacial score (nSPS) is 14.9. The fourth-order valence-corrected chi connectivity index (χ4v) is 5.84. The van der Waals surface area contributed by atoms with Crippen LogP contribution in [-0.2, 0) is 16.6 Å². The molecule has 0 radical (unpaired) electrons. The molecule has 0 bridgehead atoms. The number of nitrogens with zero attached hydrogens (tertiary/aromatic N) is 2. The smallest absolute Gasteiger partial charge is 0.254 e. The van der Waals surface area contributed by atoms with E-state index in [1.165, 1.54) is 10.4 Å². The molecule has 1 saturated heterocycles. The summed E-state index contributed by atoms with van der Waals surface area (Å²) >= 11 is 0. The molecule has 3 aromatic carbocycles. The summed E-state index contributed by atoms with van der Waals surface area (Å²) in [5, 5.41) is 2.14. The molecule has 3 aromatic rings. The fourth-order valence-electron chi connectivity index (χ4n) is 4.30. The second kappa shape index (κ2) is 9.53. The van der Waals surface area contributed by atoms with Crippen molar-refractivity contribution in [3.63, 3.8) is 0 Å². The van der Waals surface area contributed by atoms with E-state index in [2.05, 4.69) is 6.07 Å². The Morgan fingerprint density at radius 3 is 2.39 bits per heavy atom. The van der Waals surface area contributed by atoms with Gasteiger partial charge in [-0.1, -0.05) is 30.7 Å². The molecule has 1 heterocycles. The number of ether oxygens (including phenoxy) is 1. The zero-order valence-electron chi connectivity index (χ0n) is 19.4. The van der Waals surface area contributed by atoms with E-state index in [9.17, 15) is 13.2 Å². The van der Waals surface area contributed by atoms with Crippen molar-refractivity contribution < 1.29 is 17.9 Å². The van der Waals surface area contributed by atoms with Gasteiger partial charge in [0.25, 0.3) is 5.91 Å². The molecule has 1 aliphatic heterocycles. The van der Waals surface area contributed by atoms with Crippen LogP contribution in [-0.4, -0.2) is 50.8 Å². The molecule has 0 atom stereocenters. The zero-order valence-corrected chi connectivity index (χ0v) is 20.2. The van der Waals surface area contributed by atoms with E-state index in [0.717, 1.165) is 46.9 Å². The van der Waals surface area contributed by atoms with E-state index in [-0.39, 0.29) is 10.8 Å². The topological polar surface area (TPSA) is 66.9 Å².